The fraction of sp³-hybridized carbons (Fsp3) is 0.462. The van der Waals surface area contributed by atoms with Gasteiger partial charge in [-0.2, -0.15) is 0 Å². The van der Waals surface area contributed by atoms with Crippen LogP contribution in [-0.4, -0.2) is 24.2 Å². The van der Waals surface area contributed by atoms with E-state index >= 15 is 0 Å². The Balaban J connectivity index is 2.79. The van der Waals surface area contributed by atoms with Crippen LogP contribution in [0.25, 0.3) is 0 Å². The minimum Gasteiger partial charge on any atom is -0.504 e. The summed E-state index contributed by atoms with van der Waals surface area (Å²) in [5.74, 6) is 0.172. The second kappa shape index (κ2) is 6.13. The monoisotopic (exact) mass is 237 g/mol. The summed E-state index contributed by atoms with van der Waals surface area (Å²) in [6.07, 6.45) is 1.79. The summed E-state index contributed by atoms with van der Waals surface area (Å²) in [4.78, 5) is 11.9. The third-order valence-corrected chi connectivity index (χ3v) is 2.76. The van der Waals surface area contributed by atoms with Crippen LogP contribution in [0.4, 0.5) is 0 Å². The van der Waals surface area contributed by atoms with E-state index in [0.29, 0.717) is 11.3 Å². The molecule has 0 fully saturated rings. The number of benzene rings is 1. The zero-order valence-corrected chi connectivity index (χ0v) is 10.5. The second-order valence-corrected chi connectivity index (χ2v) is 3.87. The van der Waals surface area contributed by atoms with Gasteiger partial charge in [-0.25, -0.2) is 0 Å². The van der Waals surface area contributed by atoms with Gasteiger partial charge in [0, 0.05) is 11.6 Å². The molecular formula is C13H19NO3. The second-order valence-electron chi connectivity index (χ2n) is 3.87. The molecule has 1 amide bonds. The molecule has 1 rings (SSSR count). The van der Waals surface area contributed by atoms with Crippen molar-refractivity contribution in [3.8, 4) is 11.5 Å². The van der Waals surface area contributed by atoms with Crippen molar-refractivity contribution < 1.29 is 14.6 Å². The number of carbonyl (C=O) groups is 1. The molecule has 0 unspecified atom stereocenters. The predicted octanol–water partition coefficient (Wildman–Crippen LogP) is 2.32. The van der Waals surface area contributed by atoms with Crippen LogP contribution in [0.3, 0.4) is 0 Å². The Morgan fingerprint density at radius 2 is 2.06 bits per heavy atom. The molecule has 0 spiro atoms. The number of carbonyl (C=O) groups excluding carboxylic acids is 1. The van der Waals surface area contributed by atoms with E-state index in [9.17, 15) is 9.90 Å². The average molecular weight is 237 g/mol. The van der Waals surface area contributed by atoms with Crippen LogP contribution in [0.5, 0.6) is 11.5 Å². The molecule has 0 aromatic heterocycles. The number of methoxy groups -OCH3 is 1. The molecule has 4 nitrogen and oxygen atoms in total. The molecule has 4 heteroatoms. The first-order chi connectivity index (χ1) is 8.12. The highest BCUT2D eigenvalue weighted by Crippen LogP contribution is 2.26. The van der Waals surface area contributed by atoms with Gasteiger partial charge in [-0.1, -0.05) is 13.8 Å². The maximum absolute atomic E-state index is 11.9. The largest absolute Gasteiger partial charge is 0.504 e. The Morgan fingerprint density at radius 1 is 1.41 bits per heavy atom. The minimum absolute atomic E-state index is 0.0234. The number of amides is 1. The number of nitrogens with one attached hydrogen (secondary N) is 1. The Morgan fingerprint density at radius 3 is 2.53 bits per heavy atom. The molecule has 94 valence electrons. The summed E-state index contributed by atoms with van der Waals surface area (Å²) in [7, 11) is 1.47. The van der Waals surface area contributed by atoms with Crippen LogP contribution < -0.4 is 10.1 Å². The number of rotatable bonds is 5. The molecule has 0 aliphatic carbocycles. The van der Waals surface area contributed by atoms with Gasteiger partial charge in [0.25, 0.3) is 5.91 Å². The molecule has 0 heterocycles. The van der Waals surface area contributed by atoms with Crippen LogP contribution >= 0.6 is 0 Å². The maximum Gasteiger partial charge on any atom is 0.251 e. The SMILES string of the molecule is CCC(CC)NC(=O)c1ccc(OC)c(O)c1. The molecule has 0 radical (unpaired) electrons. The van der Waals surface area contributed by atoms with E-state index in [2.05, 4.69) is 5.32 Å². The number of aromatic hydroxyl groups is 1. The van der Waals surface area contributed by atoms with Gasteiger partial charge >= 0.3 is 0 Å². The van der Waals surface area contributed by atoms with Crippen molar-refractivity contribution >= 4 is 5.91 Å². The van der Waals surface area contributed by atoms with Gasteiger partial charge < -0.3 is 15.2 Å². The lowest BCUT2D eigenvalue weighted by Crippen LogP contribution is -2.33. The van der Waals surface area contributed by atoms with Gasteiger partial charge in [0.2, 0.25) is 0 Å². The van der Waals surface area contributed by atoms with Crippen molar-refractivity contribution in [2.75, 3.05) is 7.11 Å². The Bertz CT molecular complexity index is 386. The molecule has 0 atom stereocenters. The Labute approximate surface area is 102 Å². The molecule has 0 saturated heterocycles. The first-order valence-corrected chi connectivity index (χ1v) is 5.80. The van der Waals surface area contributed by atoms with E-state index in [1.165, 1.54) is 13.2 Å². The first-order valence-electron chi connectivity index (χ1n) is 5.80. The Hall–Kier alpha value is -1.71. The van der Waals surface area contributed by atoms with Crippen LogP contribution in [-0.2, 0) is 0 Å². The third-order valence-electron chi connectivity index (χ3n) is 2.76. The van der Waals surface area contributed by atoms with E-state index in [4.69, 9.17) is 4.74 Å². The van der Waals surface area contributed by atoms with E-state index in [-0.39, 0.29) is 17.7 Å². The third kappa shape index (κ3) is 3.37. The molecule has 1 aromatic carbocycles. The van der Waals surface area contributed by atoms with E-state index in [0.717, 1.165) is 12.8 Å². The number of hydrogen-bond donors (Lipinski definition) is 2. The van der Waals surface area contributed by atoms with Crippen molar-refractivity contribution in [2.24, 2.45) is 0 Å². The summed E-state index contributed by atoms with van der Waals surface area (Å²) in [5, 5.41) is 12.5. The van der Waals surface area contributed by atoms with E-state index < -0.39 is 0 Å². The van der Waals surface area contributed by atoms with Crippen molar-refractivity contribution in [3.63, 3.8) is 0 Å². The van der Waals surface area contributed by atoms with Gasteiger partial charge in [0.15, 0.2) is 11.5 Å². The lowest BCUT2D eigenvalue weighted by Gasteiger charge is -2.15. The summed E-state index contributed by atoms with van der Waals surface area (Å²) in [5.41, 5.74) is 0.440. The summed E-state index contributed by atoms with van der Waals surface area (Å²) in [6.45, 7) is 4.06. The van der Waals surface area contributed by atoms with Gasteiger partial charge in [0.05, 0.1) is 7.11 Å². The van der Waals surface area contributed by atoms with Crippen molar-refractivity contribution in [1.29, 1.82) is 0 Å². The minimum atomic E-state index is -0.170. The molecule has 0 aliphatic heterocycles. The molecular weight excluding hydrogens is 218 g/mol. The van der Waals surface area contributed by atoms with Crippen molar-refractivity contribution in [2.45, 2.75) is 32.7 Å². The zero-order chi connectivity index (χ0) is 12.8. The van der Waals surface area contributed by atoms with Crippen LogP contribution in [0, 0.1) is 0 Å². The lowest BCUT2D eigenvalue weighted by molar-refractivity contribution is 0.0934. The normalized spacial score (nSPS) is 10.4. The number of phenolic OH excluding ortho intramolecular Hbond substituents is 1. The van der Waals surface area contributed by atoms with Crippen LogP contribution in [0.2, 0.25) is 0 Å². The number of ether oxygens (including phenoxy) is 1. The lowest BCUT2D eigenvalue weighted by atomic mass is 10.1. The Kier molecular flexibility index (Phi) is 4.82. The summed E-state index contributed by atoms with van der Waals surface area (Å²) in [6, 6.07) is 4.80. The molecule has 0 saturated carbocycles. The molecule has 2 N–H and O–H groups in total. The van der Waals surface area contributed by atoms with Gasteiger partial charge in [-0.15, -0.1) is 0 Å². The van der Waals surface area contributed by atoms with Crippen LogP contribution in [0.1, 0.15) is 37.0 Å². The highest BCUT2D eigenvalue weighted by molar-refractivity contribution is 5.95. The fourth-order valence-electron chi connectivity index (χ4n) is 1.59. The maximum atomic E-state index is 11.9. The fourth-order valence-corrected chi connectivity index (χ4v) is 1.59. The van der Waals surface area contributed by atoms with E-state index in [1.807, 2.05) is 13.8 Å². The van der Waals surface area contributed by atoms with Crippen molar-refractivity contribution in [3.05, 3.63) is 23.8 Å². The van der Waals surface area contributed by atoms with Gasteiger partial charge in [-0.05, 0) is 31.0 Å². The molecule has 17 heavy (non-hydrogen) atoms. The quantitative estimate of drug-likeness (QED) is 0.826. The number of hydrogen-bond acceptors (Lipinski definition) is 3. The summed E-state index contributed by atoms with van der Waals surface area (Å²) < 4.78 is 4.92. The standard InChI is InChI=1S/C13H19NO3/c1-4-10(5-2)14-13(16)9-6-7-12(17-3)11(15)8-9/h6-8,10,15H,4-5H2,1-3H3,(H,14,16). The van der Waals surface area contributed by atoms with Crippen molar-refractivity contribution in [1.82, 2.24) is 5.32 Å². The summed E-state index contributed by atoms with van der Waals surface area (Å²) >= 11 is 0. The molecule has 0 bridgehead atoms. The number of phenols is 1. The van der Waals surface area contributed by atoms with Gasteiger partial charge in [0.1, 0.15) is 0 Å². The molecule has 1 aromatic rings. The predicted molar refractivity (Wildman–Crippen MR) is 66.5 cm³/mol. The van der Waals surface area contributed by atoms with E-state index in [1.54, 1.807) is 12.1 Å². The van der Waals surface area contributed by atoms with Gasteiger partial charge in [-0.3, -0.25) is 4.79 Å². The topological polar surface area (TPSA) is 58.6 Å². The first kappa shape index (κ1) is 13.4. The highest BCUT2D eigenvalue weighted by Gasteiger charge is 2.12. The average Bonchev–Trinajstić information content (AvgIpc) is 2.35. The highest BCUT2D eigenvalue weighted by atomic mass is 16.5. The molecule has 0 aliphatic rings. The zero-order valence-electron chi connectivity index (χ0n) is 10.5. The van der Waals surface area contributed by atoms with Crippen LogP contribution in [0.15, 0.2) is 18.2 Å². The smallest absolute Gasteiger partial charge is 0.251 e.